The maximum absolute atomic E-state index is 13.5. The van der Waals surface area contributed by atoms with Crippen LogP contribution in [0.3, 0.4) is 0 Å². The molecule has 35 heteroatoms. The summed E-state index contributed by atoms with van der Waals surface area (Å²) in [5.41, 5.74) is 19.8. The average Bonchev–Trinajstić information content (AvgIpc) is 1.67. The van der Waals surface area contributed by atoms with E-state index in [9.17, 15) is 42.3 Å². The number of piperidine rings is 3. The highest BCUT2D eigenvalue weighted by atomic mass is 19.3. The van der Waals surface area contributed by atoms with Crippen molar-refractivity contribution in [3.8, 4) is 50.6 Å². The molecule has 6 aliphatic rings. The number of hydrogen-bond donors (Lipinski definition) is 9. The molecule has 1 saturated carbocycles. The van der Waals surface area contributed by atoms with Gasteiger partial charge in [0.1, 0.15) is 17.1 Å². The third kappa shape index (κ3) is 24.6. The van der Waals surface area contributed by atoms with Crippen LogP contribution in [0.2, 0.25) is 0 Å². The number of H-pyrrole nitrogens is 4. The number of aromatic nitrogens is 15. The first kappa shape index (κ1) is 97.5. The summed E-state index contributed by atoms with van der Waals surface area (Å²) in [5, 5.41) is 54.8. The Bertz CT molecular complexity index is 7420. The molecule has 6 fully saturated rings. The summed E-state index contributed by atoms with van der Waals surface area (Å²) in [6.07, 6.45) is 37.0. The van der Waals surface area contributed by atoms with Gasteiger partial charge in [0.2, 0.25) is 0 Å². The van der Waals surface area contributed by atoms with Crippen LogP contribution in [0, 0.1) is 11.3 Å². The molecule has 0 bridgehead atoms. The molecule has 6 amide bonds. The monoisotopic (exact) mass is 1940 g/mol. The van der Waals surface area contributed by atoms with Crippen molar-refractivity contribution in [1.82, 2.24) is 105 Å². The lowest BCUT2D eigenvalue weighted by atomic mass is 10.0. The van der Waals surface area contributed by atoms with Crippen LogP contribution in [0.25, 0.3) is 88.1 Å². The number of ketones is 1. The van der Waals surface area contributed by atoms with E-state index in [4.69, 9.17) is 5.26 Å². The number of rotatable bonds is 24. The number of anilines is 4. The summed E-state index contributed by atoms with van der Waals surface area (Å²) in [4.78, 5) is 130. The zero-order chi connectivity index (χ0) is 99.7. The molecule has 9 N–H and O–H groups in total. The molecule has 736 valence electrons. The predicted molar refractivity (Wildman–Crippen MR) is 550 cm³/mol. The summed E-state index contributed by atoms with van der Waals surface area (Å²) in [6, 6.07) is 50.6. The number of carbonyl (C=O) groups excluding carboxylic acids is 7. The van der Waals surface area contributed by atoms with Gasteiger partial charge in [-0.2, -0.15) is 25.7 Å². The fraction of sp³-hybridized carbons (Fsp3) is 0.300. The van der Waals surface area contributed by atoms with Gasteiger partial charge < -0.3 is 31.5 Å². The van der Waals surface area contributed by atoms with Gasteiger partial charge in [-0.1, -0.05) is 56.4 Å². The van der Waals surface area contributed by atoms with Crippen LogP contribution in [0.4, 0.5) is 31.5 Å². The molecule has 16 heterocycles. The minimum Gasteiger partial charge on any atom is -0.348 e. The first-order valence-electron chi connectivity index (χ1n) is 49.4. The molecule has 145 heavy (non-hydrogen) atoms. The second-order valence-electron chi connectivity index (χ2n) is 37.8. The van der Waals surface area contributed by atoms with Crippen LogP contribution in [0.15, 0.2) is 226 Å². The van der Waals surface area contributed by atoms with Gasteiger partial charge in [0, 0.05) is 164 Å². The maximum Gasteiger partial charge on any atom is 0.276 e. The lowest BCUT2D eigenvalue weighted by molar-refractivity contribution is 0.0114. The highest BCUT2D eigenvalue weighted by Crippen LogP contribution is 2.36. The predicted octanol–water partition coefficient (Wildman–Crippen LogP) is 18.5. The third-order valence-corrected chi connectivity index (χ3v) is 27.1. The Morgan fingerprint density at radius 2 is 0.683 bits per heavy atom. The number of benzene rings is 5. The van der Waals surface area contributed by atoms with Gasteiger partial charge in [0.25, 0.3) is 41.4 Å². The van der Waals surface area contributed by atoms with E-state index in [-0.39, 0.29) is 65.9 Å². The van der Waals surface area contributed by atoms with Crippen LogP contribution in [-0.2, 0) is 26.2 Å². The number of hydrogen-bond acceptors (Lipinski definition) is 23. The SMILES string of the molecule is CC(=O)c1ccc(NC(=O)c2n[nH]c3ccc(-c4cncc(CN5CCCCC5)c4)cc23)cn1.N#Cc1ccc(NC(=O)c2n[nH]c3ccc(-c4cncc(CN5CCC(F)(F)C5)c4)cc23)cc1.O=C(NC1CCCC1)c1ccc(NC(=O)c2n[nH]c3ccc(-c4cncc(CN5CCCCC5)c4)cc23)cn1.O=C(Nc1ccc(C(=O)N2CCCC2)nc1)c1n[nH]c2ccc(-c3cncc(CN4CCCCC4)c3)cc12. The molecule has 33 nitrogen and oxygen atoms in total. The number of fused-ring (bicyclic) bond motifs is 4. The van der Waals surface area contributed by atoms with E-state index >= 15 is 0 Å². The van der Waals surface area contributed by atoms with Crippen molar-refractivity contribution in [3.63, 3.8) is 0 Å². The van der Waals surface area contributed by atoms with E-state index in [1.165, 1.54) is 100.0 Å². The van der Waals surface area contributed by atoms with E-state index in [1.807, 2.05) is 127 Å². The molecule has 0 spiro atoms. The normalized spacial score (nSPS) is 15.6. The van der Waals surface area contributed by atoms with Gasteiger partial charge in [-0.05, 0) is 281 Å². The molecule has 0 unspecified atom stereocenters. The summed E-state index contributed by atoms with van der Waals surface area (Å²) in [5.74, 6) is -4.43. The van der Waals surface area contributed by atoms with Crippen LogP contribution < -0.4 is 26.6 Å². The number of aromatic amines is 4. The molecule has 0 atom stereocenters. The first-order valence-corrected chi connectivity index (χ1v) is 49.4. The largest absolute Gasteiger partial charge is 0.348 e. The number of nitrogens with one attached hydrogen (secondary N) is 9. The highest BCUT2D eigenvalue weighted by molar-refractivity contribution is 6.15. The summed E-state index contributed by atoms with van der Waals surface area (Å²) < 4.78 is 27.0. The Labute approximate surface area is 834 Å². The lowest BCUT2D eigenvalue weighted by Gasteiger charge is -2.26. The van der Waals surface area contributed by atoms with Gasteiger partial charge in [-0.25, -0.2) is 18.7 Å². The van der Waals surface area contributed by atoms with Gasteiger partial charge in [-0.3, -0.25) is 98.5 Å². The van der Waals surface area contributed by atoms with Crippen molar-refractivity contribution in [2.75, 3.05) is 86.7 Å². The smallest absolute Gasteiger partial charge is 0.276 e. The van der Waals surface area contributed by atoms with Crippen LogP contribution in [0.1, 0.15) is 211 Å². The van der Waals surface area contributed by atoms with Crippen molar-refractivity contribution < 1.29 is 42.3 Å². The number of Topliss-reactive ketones (excluding diaryl/α,β-unsaturated/α-hetero) is 1. The van der Waals surface area contributed by atoms with Crippen LogP contribution >= 0.6 is 0 Å². The van der Waals surface area contributed by atoms with Crippen LogP contribution in [-0.4, -0.2) is 219 Å². The second kappa shape index (κ2) is 45.3. The summed E-state index contributed by atoms with van der Waals surface area (Å²) >= 11 is 0. The standard InChI is InChI=1S/C30H33N7O2.C29H31N7O2.C26H26N6O2.C25H20F2N6O/c38-29(33-23-6-2-3-7-23)27-11-9-24(18-32-27)34-30(39)28-25-15-21(8-10-26(25)35-36-28)22-14-20(16-31-17-22)19-37-12-4-1-5-13-37;37-28(32-23-7-9-26(31-18-23)29(38)36-12-4-5-13-36)27-24-15-21(6-8-25(24)33-34-27)22-14-20(16-30-17-22)19-35-10-2-1-3-11-35;1-17(33)23-8-6-21(15-28-23)29-26(34)25-22-12-19(5-7-24(22)30-31-25)20-11-18(13-27-14-20)16-32-9-3-2-4-10-32;26-25(27)7-8-33(15-25)14-17-9-19(13-29-12-17)18-3-6-22-21(10-18)23(32-31-22)24(34)30-20-4-1-16(11-28)2-5-20/h8-11,14-18,23H,1-7,12-13,19H2,(H,33,38)(H,34,39)(H,35,36);6-9,14-18H,1-5,10-13,19H2,(H,32,37)(H,33,34);5-8,11-15H,2-4,9-10,16H2,1H3,(H,29,34)(H,30,31);1-6,9-10,12-13H,7-8,14-15H2,(H,30,34)(H,31,32). The zero-order valence-electron chi connectivity index (χ0n) is 80.4. The molecule has 5 aliphatic heterocycles. The third-order valence-electron chi connectivity index (χ3n) is 27.1. The quantitative estimate of drug-likeness (QED) is 0.0254. The summed E-state index contributed by atoms with van der Waals surface area (Å²) in [6.45, 7) is 13.0. The average molecular weight is 1950 g/mol. The van der Waals surface area contributed by atoms with E-state index in [0.717, 1.165) is 193 Å². The molecule has 11 aromatic heterocycles. The van der Waals surface area contributed by atoms with E-state index in [2.05, 4.69) is 135 Å². The Morgan fingerprint density at radius 1 is 0.352 bits per heavy atom. The van der Waals surface area contributed by atoms with Crippen LogP contribution in [0.5, 0.6) is 0 Å². The summed E-state index contributed by atoms with van der Waals surface area (Å²) in [7, 11) is 0. The van der Waals surface area contributed by atoms with Gasteiger partial charge in [0.15, 0.2) is 28.6 Å². The lowest BCUT2D eigenvalue weighted by Crippen LogP contribution is -2.33. The fourth-order valence-corrected chi connectivity index (χ4v) is 19.4. The highest BCUT2D eigenvalue weighted by Gasteiger charge is 2.38. The van der Waals surface area contributed by atoms with E-state index < -0.39 is 5.92 Å². The van der Waals surface area contributed by atoms with Gasteiger partial charge in [0.05, 0.1) is 75.9 Å². The van der Waals surface area contributed by atoms with E-state index in [1.54, 1.807) is 78.0 Å². The fourth-order valence-electron chi connectivity index (χ4n) is 19.4. The molecule has 0 radical (unpaired) electrons. The molecule has 5 aromatic carbocycles. The minimum atomic E-state index is -2.63. The van der Waals surface area contributed by atoms with Crippen molar-refractivity contribution in [3.05, 3.63) is 294 Å². The molecule has 1 aliphatic carbocycles. The number of alkyl halides is 2. The van der Waals surface area contributed by atoms with Crippen molar-refractivity contribution in [1.29, 1.82) is 5.26 Å². The van der Waals surface area contributed by atoms with Crippen molar-refractivity contribution >= 4 is 108 Å². The second-order valence-corrected chi connectivity index (χ2v) is 37.8. The molecule has 16 aromatic rings. The van der Waals surface area contributed by atoms with Crippen molar-refractivity contribution in [2.24, 2.45) is 0 Å². The molecular formula is C110H110F2N26O7. The zero-order valence-corrected chi connectivity index (χ0v) is 80.4. The number of likely N-dealkylation sites (tertiary alicyclic amines) is 5. The number of pyridine rings is 7. The van der Waals surface area contributed by atoms with Gasteiger partial charge >= 0.3 is 0 Å². The Kier molecular flexibility index (Phi) is 30.5. The minimum absolute atomic E-state index is 0.0688. The number of nitriles is 1. The number of amides is 6. The Balaban J connectivity index is 0.000000122. The maximum atomic E-state index is 13.5. The topological polar surface area (TPSA) is 425 Å². The van der Waals surface area contributed by atoms with E-state index in [0.29, 0.717) is 86.5 Å². The Morgan fingerprint density at radius 3 is 1.01 bits per heavy atom. The number of carbonyl (C=O) groups is 7. The number of nitrogens with zero attached hydrogens (tertiary/aromatic N) is 17. The number of halogens is 2. The first-order chi connectivity index (χ1) is 70.7. The molecule has 5 saturated heterocycles. The van der Waals surface area contributed by atoms with Crippen molar-refractivity contribution in [2.45, 2.75) is 148 Å². The Hall–Kier alpha value is -16.3. The molecule has 22 rings (SSSR count). The molecular weight excluding hydrogens is 1840 g/mol. The van der Waals surface area contributed by atoms with Gasteiger partial charge in [-0.15, -0.1) is 0 Å².